The van der Waals surface area contributed by atoms with Crippen LogP contribution in [0.25, 0.3) is 0 Å². The number of rotatable bonds is 3. The van der Waals surface area contributed by atoms with Crippen LogP contribution >= 0.6 is 0 Å². The molecule has 0 atom stereocenters. The Morgan fingerprint density at radius 2 is 2.05 bits per heavy atom. The highest BCUT2D eigenvalue weighted by Crippen LogP contribution is 2.27. The number of anilines is 1. The van der Waals surface area contributed by atoms with Crippen molar-refractivity contribution >= 4 is 11.6 Å². The predicted octanol–water partition coefficient (Wildman–Crippen LogP) is 1.40. The molecule has 4 N–H and O–H groups in total. The number of carbonyl (C=O) groups excluding carboxylic acids is 1. The van der Waals surface area contributed by atoms with E-state index in [1.54, 1.807) is 6.92 Å². The Morgan fingerprint density at radius 3 is 2.63 bits per heavy atom. The quantitative estimate of drug-likeness (QED) is 0.813. The molecule has 2 rings (SSSR count). The Labute approximate surface area is 108 Å². The maximum Gasteiger partial charge on any atom is 0.269 e. The molecule has 0 bridgehead atoms. The van der Waals surface area contributed by atoms with E-state index in [9.17, 15) is 9.18 Å². The topological polar surface area (TPSA) is 104 Å². The first-order valence-electron chi connectivity index (χ1n) is 5.34. The number of hydrogen-bond donors (Lipinski definition) is 2. The van der Waals surface area contributed by atoms with Gasteiger partial charge in [-0.2, -0.15) is 0 Å². The fourth-order valence-corrected chi connectivity index (χ4v) is 1.37. The van der Waals surface area contributed by atoms with Crippen molar-refractivity contribution in [2.45, 2.75) is 6.92 Å². The van der Waals surface area contributed by atoms with Gasteiger partial charge in [0.1, 0.15) is 0 Å². The van der Waals surface area contributed by atoms with Crippen molar-refractivity contribution in [2.24, 2.45) is 5.73 Å². The van der Waals surface area contributed by atoms with E-state index >= 15 is 0 Å². The van der Waals surface area contributed by atoms with Gasteiger partial charge in [-0.05, 0) is 24.6 Å². The van der Waals surface area contributed by atoms with Gasteiger partial charge in [-0.15, -0.1) is 10.2 Å². The number of nitrogens with zero attached hydrogens (tertiary/aromatic N) is 2. The van der Waals surface area contributed by atoms with E-state index in [2.05, 4.69) is 10.2 Å². The Bertz CT molecular complexity index is 628. The van der Waals surface area contributed by atoms with Crippen LogP contribution in [0.5, 0.6) is 11.6 Å². The number of nitrogen functional groups attached to an aromatic ring is 1. The first-order valence-corrected chi connectivity index (χ1v) is 5.34. The summed E-state index contributed by atoms with van der Waals surface area (Å²) in [6.07, 6.45) is 0. The minimum absolute atomic E-state index is 0.00121. The van der Waals surface area contributed by atoms with Gasteiger partial charge in [0, 0.05) is 17.8 Å². The molecule has 1 heterocycles. The summed E-state index contributed by atoms with van der Waals surface area (Å²) in [5, 5.41) is 7.16. The third-order valence-electron chi connectivity index (χ3n) is 2.43. The number of primary amides is 1. The van der Waals surface area contributed by atoms with Crippen molar-refractivity contribution in [1.29, 1.82) is 0 Å². The van der Waals surface area contributed by atoms with Gasteiger partial charge in [-0.1, -0.05) is 0 Å². The molecule has 1 aromatic carbocycles. The average molecular weight is 262 g/mol. The highest BCUT2D eigenvalue weighted by molar-refractivity contribution is 5.90. The van der Waals surface area contributed by atoms with Crippen LogP contribution < -0.4 is 16.2 Å². The van der Waals surface area contributed by atoms with E-state index in [1.165, 1.54) is 18.2 Å². The molecule has 2 aromatic rings. The van der Waals surface area contributed by atoms with Gasteiger partial charge in [0.2, 0.25) is 5.88 Å². The summed E-state index contributed by atoms with van der Waals surface area (Å²) >= 11 is 0. The van der Waals surface area contributed by atoms with E-state index in [-0.39, 0.29) is 17.3 Å². The van der Waals surface area contributed by atoms with Crippen LogP contribution in [0.4, 0.5) is 10.1 Å². The van der Waals surface area contributed by atoms with Gasteiger partial charge in [0.25, 0.3) is 5.91 Å². The lowest BCUT2D eigenvalue weighted by Crippen LogP contribution is -2.13. The third-order valence-corrected chi connectivity index (χ3v) is 2.43. The average Bonchev–Trinajstić information content (AvgIpc) is 2.36. The third kappa shape index (κ3) is 2.76. The zero-order chi connectivity index (χ0) is 14.0. The molecule has 0 saturated heterocycles. The van der Waals surface area contributed by atoms with Crippen LogP contribution in [0.2, 0.25) is 0 Å². The molecule has 1 aromatic heterocycles. The minimum Gasteiger partial charge on any atom is -0.434 e. The normalized spacial score (nSPS) is 10.2. The summed E-state index contributed by atoms with van der Waals surface area (Å²) in [5.74, 6) is -1.28. The predicted molar refractivity (Wildman–Crippen MR) is 66.2 cm³/mol. The smallest absolute Gasteiger partial charge is 0.269 e. The number of nitrogens with two attached hydrogens (primary N) is 2. The van der Waals surface area contributed by atoms with Crippen molar-refractivity contribution < 1.29 is 13.9 Å². The van der Waals surface area contributed by atoms with Gasteiger partial charge in [0.05, 0.1) is 0 Å². The molecular weight excluding hydrogens is 251 g/mol. The number of aryl methyl sites for hydroxylation is 1. The van der Waals surface area contributed by atoms with Crippen molar-refractivity contribution in [2.75, 3.05) is 5.73 Å². The van der Waals surface area contributed by atoms with Crippen LogP contribution in [-0.4, -0.2) is 16.1 Å². The van der Waals surface area contributed by atoms with Crippen molar-refractivity contribution in [3.05, 3.63) is 41.3 Å². The molecule has 0 spiro atoms. The Balaban J connectivity index is 2.26. The summed E-state index contributed by atoms with van der Waals surface area (Å²) in [4.78, 5) is 10.8. The van der Waals surface area contributed by atoms with Crippen LogP contribution in [0.3, 0.4) is 0 Å². The van der Waals surface area contributed by atoms with Crippen molar-refractivity contribution in [3.8, 4) is 11.6 Å². The van der Waals surface area contributed by atoms with Crippen LogP contribution in [0, 0.1) is 12.7 Å². The first kappa shape index (κ1) is 12.7. The van der Waals surface area contributed by atoms with Gasteiger partial charge < -0.3 is 16.2 Å². The van der Waals surface area contributed by atoms with E-state index < -0.39 is 11.7 Å². The number of amides is 1. The maximum atomic E-state index is 13.6. The monoisotopic (exact) mass is 262 g/mol. The molecule has 0 aliphatic heterocycles. The molecule has 7 heteroatoms. The Morgan fingerprint density at radius 1 is 1.32 bits per heavy atom. The second kappa shape index (κ2) is 4.89. The van der Waals surface area contributed by atoms with E-state index in [0.717, 1.165) is 6.07 Å². The molecule has 98 valence electrons. The minimum atomic E-state index is -0.700. The molecule has 1 amide bonds. The van der Waals surface area contributed by atoms with E-state index in [1.807, 2.05) is 0 Å². The summed E-state index contributed by atoms with van der Waals surface area (Å²) in [6, 6.07) is 5.33. The molecular formula is C12H11FN4O2. The lowest BCUT2D eigenvalue weighted by Gasteiger charge is -2.08. The first-order chi connectivity index (χ1) is 8.97. The number of aromatic nitrogens is 2. The molecule has 0 radical (unpaired) electrons. The second-order valence-electron chi connectivity index (χ2n) is 3.86. The van der Waals surface area contributed by atoms with Gasteiger partial charge in [-0.3, -0.25) is 4.79 Å². The van der Waals surface area contributed by atoms with Gasteiger partial charge >= 0.3 is 0 Å². The largest absolute Gasteiger partial charge is 0.434 e. The van der Waals surface area contributed by atoms with Crippen molar-refractivity contribution in [1.82, 2.24) is 10.2 Å². The lowest BCUT2D eigenvalue weighted by molar-refractivity contribution is 0.0994. The second-order valence-corrected chi connectivity index (χ2v) is 3.86. The lowest BCUT2D eigenvalue weighted by atomic mass is 10.2. The summed E-state index contributed by atoms with van der Waals surface area (Å²) < 4.78 is 18.8. The van der Waals surface area contributed by atoms with Gasteiger partial charge in [0.15, 0.2) is 17.3 Å². The number of hydrogen-bond acceptors (Lipinski definition) is 5. The number of carbonyl (C=O) groups is 1. The van der Waals surface area contributed by atoms with E-state index in [0.29, 0.717) is 11.3 Å². The summed E-state index contributed by atoms with van der Waals surface area (Å²) in [5.41, 5.74) is 11.6. The highest BCUT2D eigenvalue weighted by Gasteiger charge is 2.10. The fourth-order valence-electron chi connectivity index (χ4n) is 1.37. The summed E-state index contributed by atoms with van der Waals surface area (Å²) in [7, 11) is 0. The Hall–Kier alpha value is -2.70. The number of halogens is 1. The summed E-state index contributed by atoms with van der Waals surface area (Å²) in [6.45, 7) is 1.73. The molecule has 0 aliphatic carbocycles. The van der Waals surface area contributed by atoms with Crippen LogP contribution in [0.1, 0.15) is 16.1 Å². The molecule has 6 nitrogen and oxygen atoms in total. The SMILES string of the molecule is Cc1cc(Oc2ccc(C(N)=O)nn2)c(F)cc1N. The van der Waals surface area contributed by atoms with Crippen LogP contribution in [0.15, 0.2) is 24.3 Å². The molecule has 19 heavy (non-hydrogen) atoms. The molecule has 0 saturated carbocycles. The zero-order valence-corrected chi connectivity index (χ0v) is 10.1. The highest BCUT2D eigenvalue weighted by atomic mass is 19.1. The fraction of sp³-hybridized carbons (Fsp3) is 0.0833. The molecule has 0 aliphatic rings. The van der Waals surface area contributed by atoms with Gasteiger partial charge in [-0.25, -0.2) is 4.39 Å². The van der Waals surface area contributed by atoms with Crippen molar-refractivity contribution in [3.63, 3.8) is 0 Å². The number of benzene rings is 1. The maximum absolute atomic E-state index is 13.6. The van der Waals surface area contributed by atoms with E-state index in [4.69, 9.17) is 16.2 Å². The van der Waals surface area contributed by atoms with Crippen LogP contribution in [-0.2, 0) is 0 Å². The zero-order valence-electron chi connectivity index (χ0n) is 10.1. The number of ether oxygens (including phenoxy) is 1. The Kier molecular flexibility index (Phi) is 3.28. The molecule has 0 unspecified atom stereocenters. The standard InChI is InChI=1S/C12H11FN4O2/c1-6-4-10(7(13)5-8(6)14)19-11-3-2-9(12(15)18)16-17-11/h2-5H,14H2,1H3,(H2,15,18). The molecule has 0 fully saturated rings.